The molecule has 2 rings (SSSR count). The van der Waals surface area contributed by atoms with Crippen molar-refractivity contribution in [2.24, 2.45) is 5.73 Å². The standard InChI is InChI=1S/C14H12N4O3S.ClH/c1-21-9-4-2-8(3-5-9)12-10(6-15)13(20)18-14(17-12)22-7-11(16)19;/h2-5H,7H2,1H3,(H2,16,19)(H,17,18,20);1H. The summed E-state index contributed by atoms with van der Waals surface area (Å²) in [6.07, 6.45) is 0. The first-order valence-corrected chi connectivity index (χ1v) is 7.13. The summed E-state index contributed by atoms with van der Waals surface area (Å²) in [5, 5.41) is 9.38. The molecule has 1 aromatic carbocycles. The summed E-state index contributed by atoms with van der Waals surface area (Å²) in [6.45, 7) is 0. The lowest BCUT2D eigenvalue weighted by atomic mass is 10.1. The lowest BCUT2D eigenvalue weighted by Crippen LogP contribution is -2.17. The number of nitriles is 1. The predicted octanol–water partition coefficient (Wildman–Crippen LogP) is 1.32. The van der Waals surface area contributed by atoms with Crippen LogP contribution in [0, 0.1) is 11.3 Å². The van der Waals surface area contributed by atoms with Crippen LogP contribution in [0.1, 0.15) is 5.56 Å². The number of thioether (sulfide) groups is 1. The Bertz CT molecular complexity index is 799. The van der Waals surface area contributed by atoms with Crippen LogP contribution in [0.2, 0.25) is 0 Å². The molecule has 0 aliphatic heterocycles. The number of hydrogen-bond donors (Lipinski definition) is 2. The Morgan fingerprint density at radius 2 is 2.09 bits per heavy atom. The number of carbonyl (C=O) groups excluding carboxylic acids is 1. The first-order valence-electron chi connectivity index (χ1n) is 6.15. The second-order valence-electron chi connectivity index (χ2n) is 4.19. The van der Waals surface area contributed by atoms with Crippen molar-refractivity contribution in [2.45, 2.75) is 5.16 Å². The zero-order valence-electron chi connectivity index (χ0n) is 12.0. The molecule has 0 fully saturated rings. The third kappa shape index (κ3) is 4.48. The van der Waals surface area contributed by atoms with Crippen molar-refractivity contribution in [3.8, 4) is 23.1 Å². The summed E-state index contributed by atoms with van der Waals surface area (Å²) in [5.41, 5.74) is 5.27. The van der Waals surface area contributed by atoms with E-state index in [1.165, 1.54) is 0 Å². The van der Waals surface area contributed by atoms with Gasteiger partial charge in [0.1, 0.15) is 17.4 Å². The van der Waals surface area contributed by atoms with Gasteiger partial charge in [0.05, 0.1) is 18.6 Å². The average molecular weight is 353 g/mol. The van der Waals surface area contributed by atoms with E-state index in [1.54, 1.807) is 31.4 Å². The maximum atomic E-state index is 12.0. The normalized spacial score (nSPS) is 9.57. The Labute approximate surface area is 142 Å². The third-order valence-electron chi connectivity index (χ3n) is 2.72. The van der Waals surface area contributed by atoms with Crippen LogP contribution in [0.4, 0.5) is 0 Å². The molecule has 0 aliphatic carbocycles. The molecule has 0 saturated carbocycles. The van der Waals surface area contributed by atoms with Crippen molar-refractivity contribution in [2.75, 3.05) is 12.9 Å². The van der Waals surface area contributed by atoms with Crippen LogP contribution in [0.5, 0.6) is 5.75 Å². The van der Waals surface area contributed by atoms with Gasteiger partial charge in [0.15, 0.2) is 5.16 Å². The van der Waals surface area contributed by atoms with Crippen LogP contribution >= 0.6 is 24.2 Å². The van der Waals surface area contributed by atoms with Crippen LogP contribution < -0.4 is 16.0 Å². The first-order chi connectivity index (χ1) is 10.5. The minimum atomic E-state index is -0.560. The Balaban J connectivity index is 0.00000264. The minimum Gasteiger partial charge on any atom is -0.497 e. The molecule has 1 heterocycles. The molecule has 9 heteroatoms. The number of amides is 1. The highest BCUT2D eigenvalue weighted by Crippen LogP contribution is 2.24. The predicted molar refractivity (Wildman–Crippen MR) is 88.7 cm³/mol. The number of rotatable bonds is 5. The highest BCUT2D eigenvalue weighted by Gasteiger charge is 2.14. The molecule has 0 spiro atoms. The number of nitrogens with one attached hydrogen (secondary N) is 1. The van der Waals surface area contributed by atoms with Gasteiger partial charge in [-0.1, -0.05) is 11.8 Å². The zero-order chi connectivity index (χ0) is 16.1. The quantitative estimate of drug-likeness (QED) is 0.618. The average Bonchev–Trinajstić information content (AvgIpc) is 2.52. The smallest absolute Gasteiger partial charge is 0.270 e. The van der Waals surface area contributed by atoms with Gasteiger partial charge in [0.25, 0.3) is 5.56 Å². The van der Waals surface area contributed by atoms with E-state index in [4.69, 9.17) is 15.7 Å². The van der Waals surface area contributed by atoms with Crippen molar-refractivity contribution < 1.29 is 9.53 Å². The number of carbonyl (C=O) groups is 1. The third-order valence-corrected chi connectivity index (χ3v) is 3.62. The lowest BCUT2D eigenvalue weighted by Gasteiger charge is -2.06. The number of ether oxygens (including phenoxy) is 1. The van der Waals surface area contributed by atoms with E-state index < -0.39 is 11.5 Å². The summed E-state index contributed by atoms with van der Waals surface area (Å²) in [4.78, 5) is 29.5. The van der Waals surface area contributed by atoms with E-state index in [9.17, 15) is 9.59 Å². The van der Waals surface area contributed by atoms with E-state index in [0.29, 0.717) is 11.3 Å². The van der Waals surface area contributed by atoms with Crippen molar-refractivity contribution in [1.82, 2.24) is 9.97 Å². The Kier molecular flexibility index (Phi) is 6.63. The van der Waals surface area contributed by atoms with Gasteiger partial charge in [-0.15, -0.1) is 12.4 Å². The van der Waals surface area contributed by atoms with Crippen molar-refractivity contribution in [3.63, 3.8) is 0 Å². The monoisotopic (exact) mass is 352 g/mol. The van der Waals surface area contributed by atoms with Gasteiger partial charge < -0.3 is 15.5 Å². The van der Waals surface area contributed by atoms with Crippen molar-refractivity contribution in [3.05, 3.63) is 40.2 Å². The fourth-order valence-corrected chi connectivity index (χ4v) is 2.32. The molecule has 1 amide bonds. The summed E-state index contributed by atoms with van der Waals surface area (Å²) >= 11 is 1.00. The number of methoxy groups -OCH3 is 1. The molecule has 0 atom stereocenters. The maximum absolute atomic E-state index is 12.0. The SMILES string of the molecule is COc1ccc(-c2nc(SCC(N)=O)[nH]c(=O)c2C#N)cc1.Cl. The molecule has 120 valence electrons. The van der Waals surface area contributed by atoms with Crippen LogP contribution in [-0.4, -0.2) is 28.7 Å². The van der Waals surface area contributed by atoms with Gasteiger partial charge in [-0.2, -0.15) is 5.26 Å². The van der Waals surface area contributed by atoms with Gasteiger partial charge in [-0.25, -0.2) is 4.98 Å². The molecule has 0 saturated heterocycles. The molecular formula is C14H13ClN4O3S. The van der Waals surface area contributed by atoms with Gasteiger partial charge in [0.2, 0.25) is 5.91 Å². The molecule has 0 bridgehead atoms. The van der Waals surface area contributed by atoms with E-state index in [1.807, 2.05) is 6.07 Å². The van der Waals surface area contributed by atoms with Crippen LogP contribution in [0.15, 0.2) is 34.2 Å². The fourth-order valence-electron chi connectivity index (χ4n) is 1.72. The van der Waals surface area contributed by atoms with Crippen LogP contribution in [-0.2, 0) is 4.79 Å². The molecule has 0 radical (unpaired) electrons. The van der Waals surface area contributed by atoms with Gasteiger partial charge in [-0.3, -0.25) is 9.59 Å². The lowest BCUT2D eigenvalue weighted by molar-refractivity contribution is -0.115. The van der Waals surface area contributed by atoms with Crippen molar-refractivity contribution in [1.29, 1.82) is 5.26 Å². The summed E-state index contributed by atoms with van der Waals surface area (Å²) in [5.74, 6) is 0.107. The highest BCUT2D eigenvalue weighted by molar-refractivity contribution is 7.99. The van der Waals surface area contributed by atoms with Crippen LogP contribution in [0.25, 0.3) is 11.3 Å². The molecule has 0 aliphatic rings. The van der Waals surface area contributed by atoms with E-state index in [-0.39, 0.29) is 34.6 Å². The number of benzene rings is 1. The molecular weight excluding hydrogens is 340 g/mol. The number of nitrogens with zero attached hydrogens (tertiary/aromatic N) is 2. The van der Waals surface area contributed by atoms with Crippen LogP contribution in [0.3, 0.4) is 0 Å². The van der Waals surface area contributed by atoms with Gasteiger partial charge >= 0.3 is 0 Å². The summed E-state index contributed by atoms with van der Waals surface area (Å²) in [7, 11) is 1.54. The molecule has 0 unspecified atom stereocenters. The molecule has 7 nitrogen and oxygen atoms in total. The second-order valence-corrected chi connectivity index (χ2v) is 5.15. The van der Waals surface area contributed by atoms with E-state index >= 15 is 0 Å². The van der Waals surface area contributed by atoms with E-state index in [2.05, 4.69) is 9.97 Å². The van der Waals surface area contributed by atoms with Gasteiger partial charge in [-0.05, 0) is 24.3 Å². The number of aromatic amines is 1. The minimum absolute atomic E-state index is 0. The molecule has 2 aromatic rings. The zero-order valence-corrected chi connectivity index (χ0v) is 13.7. The van der Waals surface area contributed by atoms with E-state index in [0.717, 1.165) is 11.8 Å². The number of hydrogen-bond acceptors (Lipinski definition) is 6. The number of H-pyrrole nitrogens is 1. The number of primary amides is 1. The summed E-state index contributed by atoms with van der Waals surface area (Å²) in [6, 6.07) is 8.65. The maximum Gasteiger partial charge on any atom is 0.270 e. The largest absolute Gasteiger partial charge is 0.497 e. The number of halogens is 1. The summed E-state index contributed by atoms with van der Waals surface area (Å²) < 4.78 is 5.07. The Morgan fingerprint density at radius 1 is 1.43 bits per heavy atom. The first kappa shape index (κ1) is 18.5. The number of nitrogens with two attached hydrogens (primary N) is 1. The second kappa shape index (κ2) is 8.22. The Hall–Kier alpha value is -2.50. The Morgan fingerprint density at radius 3 is 2.61 bits per heavy atom. The number of aromatic nitrogens is 2. The topological polar surface area (TPSA) is 122 Å². The molecule has 3 N–H and O–H groups in total. The fraction of sp³-hybridized carbons (Fsp3) is 0.143. The molecule has 1 aromatic heterocycles. The highest BCUT2D eigenvalue weighted by atomic mass is 35.5. The van der Waals surface area contributed by atoms with Gasteiger partial charge in [0, 0.05) is 5.56 Å². The molecule has 23 heavy (non-hydrogen) atoms. The van der Waals surface area contributed by atoms with Crippen molar-refractivity contribution >= 4 is 30.1 Å².